The molecule has 162 valence electrons. The third kappa shape index (κ3) is 4.35. The number of carbonyl (C=O) groups is 1. The minimum absolute atomic E-state index is 0.0436. The van der Waals surface area contributed by atoms with E-state index in [0.717, 1.165) is 5.56 Å². The Morgan fingerprint density at radius 2 is 1.72 bits per heavy atom. The Balaban J connectivity index is 1.80. The highest BCUT2D eigenvalue weighted by molar-refractivity contribution is 6.33. The average Bonchev–Trinajstić information content (AvgIpc) is 2.78. The molecule has 0 amide bonds. The number of hydrogen-bond donors (Lipinski definition) is 0. The number of halogens is 2. The lowest BCUT2D eigenvalue weighted by atomic mass is 10.1. The van der Waals surface area contributed by atoms with E-state index in [1.807, 2.05) is 0 Å². The number of carbonyl (C=O) groups excluding carboxylic acids is 1. The number of aryl methyl sites for hydroxylation is 1. The average molecular weight is 469 g/mol. The molecule has 7 heteroatoms. The molecule has 0 N–H and O–H groups in total. The van der Waals surface area contributed by atoms with Gasteiger partial charge in [0.15, 0.2) is 5.76 Å². The van der Waals surface area contributed by atoms with Crippen molar-refractivity contribution in [2.45, 2.75) is 13.3 Å². The smallest absolute Gasteiger partial charge is 0.315 e. The zero-order valence-corrected chi connectivity index (χ0v) is 18.8. The van der Waals surface area contributed by atoms with E-state index in [1.54, 1.807) is 68.6 Å². The molecule has 0 spiro atoms. The van der Waals surface area contributed by atoms with Crippen LogP contribution >= 0.6 is 23.2 Å². The molecule has 0 atom stereocenters. The molecule has 0 radical (unpaired) electrons. The van der Waals surface area contributed by atoms with E-state index in [0.29, 0.717) is 32.5 Å². The van der Waals surface area contributed by atoms with Gasteiger partial charge in [-0.1, -0.05) is 47.5 Å². The fraction of sp³-hybridized carbons (Fsp3) is 0.120. The predicted molar refractivity (Wildman–Crippen MR) is 125 cm³/mol. The number of fused-ring (bicyclic) bond motifs is 1. The van der Waals surface area contributed by atoms with Crippen molar-refractivity contribution in [3.63, 3.8) is 0 Å². The summed E-state index contributed by atoms with van der Waals surface area (Å²) >= 11 is 12.6. The fourth-order valence-electron chi connectivity index (χ4n) is 3.27. The maximum Gasteiger partial charge on any atom is 0.315 e. The SMILES string of the molecule is COc1ccc(CC(=O)Oc2c(-c3ccccc3Cl)oc3cc(C)c(Cl)cc3c2=O)cc1. The van der Waals surface area contributed by atoms with Crippen LogP contribution in [0.4, 0.5) is 0 Å². The monoisotopic (exact) mass is 468 g/mol. The molecular weight excluding hydrogens is 451 g/mol. The maximum atomic E-state index is 13.3. The van der Waals surface area contributed by atoms with Crippen molar-refractivity contribution in [3.8, 4) is 22.8 Å². The highest BCUT2D eigenvalue weighted by Crippen LogP contribution is 2.36. The molecule has 3 aromatic carbocycles. The molecule has 1 heterocycles. The van der Waals surface area contributed by atoms with Gasteiger partial charge in [-0.3, -0.25) is 9.59 Å². The van der Waals surface area contributed by atoms with E-state index in [9.17, 15) is 9.59 Å². The minimum atomic E-state index is -0.617. The summed E-state index contributed by atoms with van der Waals surface area (Å²) in [6.45, 7) is 1.81. The summed E-state index contributed by atoms with van der Waals surface area (Å²) in [6.07, 6.45) is -0.0436. The first kappa shape index (κ1) is 21.9. The predicted octanol–water partition coefficient (Wildman–Crippen LogP) is 6.23. The van der Waals surface area contributed by atoms with Gasteiger partial charge in [0.2, 0.25) is 11.2 Å². The zero-order valence-electron chi connectivity index (χ0n) is 17.3. The summed E-state index contributed by atoms with van der Waals surface area (Å²) in [6, 6.07) is 17.0. The molecule has 4 aromatic rings. The lowest BCUT2D eigenvalue weighted by molar-refractivity contribution is -0.133. The number of methoxy groups -OCH3 is 1. The first-order valence-electron chi connectivity index (χ1n) is 9.73. The number of benzene rings is 3. The van der Waals surface area contributed by atoms with Gasteiger partial charge in [-0.2, -0.15) is 0 Å². The molecule has 0 bridgehead atoms. The van der Waals surface area contributed by atoms with Gasteiger partial charge in [0.25, 0.3) is 0 Å². The fourth-order valence-corrected chi connectivity index (χ4v) is 3.66. The Labute approximate surface area is 194 Å². The highest BCUT2D eigenvalue weighted by Gasteiger charge is 2.22. The van der Waals surface area contributed by atoms with Crippen molar-refractivity contribution in [1.29, 1.82) is 0 Å². The van der Waals surface area contributed by atoms with Crippen LogP contribution in [0.1, 0.15) is 11.1 Å². The van der Waals surface area contributed by atoms with Gasteiger partial charge < -0.3 is 13.9 Å². The Hall–Kier alpha value is -3.28. The van der Waals surface area contributed by atoms with E-state index in [2.05, 4.69) is 0 Å². The summed E-state index contributed by atoms with van der Waals surface area (Å²) in [5.74, 6) is -0.0965. The van der Waals surface area contributed by atoms with Crippen molar-refractivity contribution in [1.82, 2.24) is 0 Å². The molecular formula is C25H18Cl2O5. The van der Waals surface area contributed by atoms with Crippen molar-refractivity contribution >= 4 is 40.1 Å². The van der Waals surface area contributed by atoms with E-state index in [1.165, 1.54) is 6.07 Å². The van der Waals surface area contributed by atoms with Crippen molar-refractivity contribution in [2.24, 2.45) is 0 Å². The molecule has 0 aliphatic carbocycles. The molecule has 4 rings (SSSR count). The summed E-state index contributed by atoms with van der Waals surface area (Å²) in [5.41, 5.74) is 1.71. The van der Waals surface area contributed by atoms with E-state index < -0.39 is 11.4 Å². The van der Waals surface area contributed by atoms with Crippen LogP contribution in [0.15, 0.2) is 69.9 Å². The van der Waals surface area contributed by atoms with Crippen LogP contribution in [0, 0.1) is 6.92 Å². The van der Waals surface area contributed by atoms with E-state index in [-0.39, 0.29) is 23.3 Å². The lowest BCUT2D eigenvalue weighted by Crippen LogP contribution is -2.18. The molecule has 0 saturated carbocycles. The number of esters is 1. The summed E-state index contributed by atoms with van der Waals surface area (Å²) < 4.78 is 16.7. The third-order valence-corrected chi connectivity index (χ3v) is 5.71. The van der Waals surface area contributed by atoms with Crippen molar-refractivity contribution in [3.05, 3.63) is 92.1 Å². The van der Waals surface area contributed by atoms with Crippen LogP contribution in [0.25, 0.3) is 22.3 Å². The third-order valence-electron chi connectivity index (χ3n) is 4.97. The Morgan fingerprint density at radius 3 is 2.41 bits per heavy atom. The molecule has 0 unspecified atom stereocenters. The van der Waals surface area contributed by atoms with Crippen LogP contribution in [0.5, 0.6) is 11.5 Å². The number of rotatable bonds is 5. The normalized spacial score (nSPS) is 10.9. The maximum absolute atomic E-state index is 13.3. The van der Waals surface area contributed by atoms with Crippen molar-refractivity contribution < 1.29 is 18.7 Å². The number of hydrogen-bond acceptors (Lipinski definition) is 5. The van der Waals surface area contributed by atoms with Crippen LogP contribution < -0.4 is 14.9 Å². The van der Waals surface area contributed by atoms with Crippen LogP contribution in [0.3, 0.4) is 0 Å². The molecule has 0 saturated heterocycles. The van der Waals surface area contributed by atoms with Crippen molar-refractivity contribution in [2.75, 3.05) is 7.11 Å². The Bertz CT molecular complexity index is 1370. The molecule has 32 heavy (non-hydrogen) atoms. The number of ether oxygens (including phenoxy) is 2. The second-order valence-corrected chi connectivity index (χ2v) is 7.98. The Kier molecular flexibility index (Phi) is 6.21. The van der Waals surface area contributed by atoms with E-state index in [4.69, 9.17) is 37.1 Å². The van der Waals surface area contributed by atoms with Crippen LogP contribution in [-0.2, 0) is 11.2 Å². The first-order valence-corrected chi connectivity index (χ1v) is 10.5. The molecule has 0 aliphatic rings. The molecule has 5 nitrogen and oxygen atoms in total. The second kappa shape index (κ2) is 9.07. The summed E-state index contributed by atoms with van der Waals surface area (Å²) in [5, 5.41) is 0.975. The van der Waals surface area contributed by atoms with Crippen LogP contribution in [0.2, 0.25) is 10.0 Å². The van der Waals surface area contributed by atoms with E-state index >= 15 is 0 Å². The summed E-state index contributed by atoms with van der Waals surface area (Å²) in [4.78, 5) is 26.0. The topological polar surface area (TPSA) is 65.7 Å². The van der Waals surface area contributed by atoms with Crippen LogP contribution in [-0.4, -0.2) is 13.1 Å². The minimum Gasteiger partial charge on any atom is -0.497 e. The van der Waals surface area contributed by atoms with Gasteiger partial charge in [0, 0.05) is 10.6 Å². The van der Waals surface area contributed by atoms with Gasteiger partial charge in [-0.05, 0) is 54.4 Å². The van der Waals surface area contributed by atoms with Gasteiger partial charge in [0.1, 0.15) is 11.3 Å². The largest absolute Gasteiger partial charge is 0.497 e. The molecule has 0 aliphatic heterocycles. The standard InChI is InChI=1S/C25H18Cl2O5/c1-14-11-21-18(13-20(14)27)23(29)25(24(31-21)17-5-3-4-6-19(17)26)32-22(28)12-15-7-9-16(30-2)10-8-15/h3-11,13H,12H2,1-2H3. The van der Waals surface area contributed by atoms with Gasteiger partial charge >= 0.3 is 5.97 Å². The quantitative estimate of drug-likeness (QED) is 0.324. The highest BCUT2D eigenvalue weighted by atomic mass is 35.5. The Morgan fingerprint density at radius 1 is 1.00 bits per heavy atom. The lowest BCUT2D eigenvalue weighted by Gasteiger charge is -2.12. The molecule has 0 fully saturated rings. The van der Waals surface area contributed by atoms with Gasteiger partial charge in [-0.15, -0.1) is 0 Å². The molecule has 1 aromatic heterocycles. The second-order valence-electron chi connectivity index (χ2n) is 7.17. The van der Waals surface area contributed by atoms with Gasteiger partial charge in [0.05, 0.1) is 23.9 Å². The van der Waals surface area contributed by atoms with Gasteiger partial charge in [-0.25, -0.2) is 0 Å². The zero-order chi connectivity index (χ0) is 22.8. The first-order chi connectivity index (χ1) is 15.4. The summed E-state index contributed by atoms with van der Waals surface area (Å²) in [7, 11) is 1.56.